The molecule has 27 heavy (non-hydrogen) atoms. The highest BCUT2D eigenvalue weighted by Crippen LogP contribution is 2.47. The van der Waals surface area contributed by atoms with E-state index in [0.717, 1.165) is 38.0 Å². The van der Waals surface area contributed by atoms with Gasteiger partial charge in [0.15, 0.2) is 0 Å². The van der Waals surface area contributed by atoms with Crippen molar-refractivity contribution in [2.45, 2.75) is 62.6 Å². The molecule has 5 nitrogen and oxygen atoms in total. The van der Waals surface area contributed by atoms with Gasteiger partial charge in [0.25, 0.3) is 5.91 Å². The molecule has 1 aliphatic carbocycles. The van der Waals surface area contributed by atoms with Crippen LogP contribution in [0.25, 0.3) is 0 Å². The number of piperidine rings is 1. The van der Waals surface area contributed by atoms with E-state index in [-0.39, 0.29) is 11.4 Å². The Bertz CT molecular complexity index is 607. The highest BCUT2D eigenvalue weighted by molar-refractivity contribution is 7.08. The van der Waals surface area contributed by atoms with E-state index in [1.165, 1.54) is 32.1 Å². The average Bonchev–Trinajstić information content (AvgIpc) is 3.25. The van der Waals surface area contributed by atoms with Gasteiger partial charge in [-0.05, 0) is 37.1 Å². The zero-order chi connectivity index (χ0) is 18.7. The van der Waals surface area contributed by atoms with Gasteiger partial charge in [-0.25, -0.2) is 0 Å². The standard InChI is InChI=1S/C21H32N2O3S/c1-25-12-13-26-19-15-23(21(19)8-3-2-4-9-21)18-5-10-22(11-6-18)20(24)17-7-14-27-16-17/h7,14,16,18-19H,2-6,8-13,15H2,1H3. The van der Waals surface area contributed by atoms with Gasteiger partial charge in [0.2, 0.25) is 0 Å². The van der Waals surface area contributed by atoms with Gasteiger partial charge in [-0.1, -0.05) is 19.3 Å². The SMILES string of the molecule is COCCOC1CN(C2CCN(C(=O)c3ccsc3)CC2)C12CCCCC2. The van der Waals surface area contributed by atoms with Gasteiger partial charge in [0.1, 0.15) is 0 Å². The minimum absolute atomic E-state index is 0.200. The number of carbonyl (C=O) groups is 1. The smallest absolute Gasteiger partial charge is 0.254 e. The van der Waals surface area contributed by atoms with Crippen molar-refractivity contribution in [1.82, 2.24) is 9.80 Å². The molecule has 1 saturated carbocycles. The predicted octanol–water partition coefficient (Wildman–Crippen LogP) is 3.40. The number of hydrogen-bond acceptors (Lipinski definition) is 5. The lowest BCUT2D eigenvalue weighted by Gasteiger charge is -2.63. The summed E-state index contributed by atoms with van der Waals surface area (Å²) in [6.07, 6.45) is 9.04. The molecule has 0 aromatic carbocycles. The van der Waals surface area contributed by atoms with Crippen LogP contribution in [0.3, 0.4) is 0 Å². The van der Waals surface area contributed by atoms with Crippen LogP contribution >= 0.6 is 11.3 Å². The van der Waals surface area contributed by atoms with Crippen LogP contribution in [-0.2, 0) is 9.47 Å². The van der Waals surface area contributed by atoms with E-state index in [9.17, 15) is 4.79 Å². The van der Waals surface area contributed by atoms with Crippen molar-refractivity contribution >= 4 is 17.2 Å². The number of nitrogens with zero attached hydrogens (tertiary/aromatic N) is 2. The number of hydrogen-bond donors (Lipinski definition) is 0. The molecule has 3 fully saturated rings. The Kier molecular flexibility index (Phi) is 6.17. The molecule has 0 N–H and O–H groups in total. The van der Waals surface area contributed by atoms with Crippen molar-refractivity contribution in [2.24, 2.45) is 0 Å². The van der Waals surface area contributed by atoms with E-state index in [1.807, 2.05) is 21.7 Å². The van der Waals surface area contributed by atoms with Gasteiger partial charge in [0.05, 0.1) is 24.9 Å². The summed E-state index contributed by atoms with van der Waals surface area (Å²) >= 11 is 1.59. The fraction of sp³-hybridized carbons (Fsp3) is 0.762. The number of ether oxygens (including phenoxy) is 2. The normalized spacial score (nSPS) is 26.3. The number of amides is 1. The van der Waals surface area contributed by atoms with E-state index in [4.69, 9.17) is 9.47 Å². The van der Waals surface area contributed by atoms with Crippen LogP contribution in [0.15, 0.2) is 16.8 Å². The van der Waals surface area contributed by atoms with E-state index < -0.39 is 0 Å². The van der Waals surface area contributed by atoms with Crippen molar-refractivity contribution in [1.29, 1.82) is 0 Å². The predicted molar refractivity (Wildman–Crippen MR) is 107 cm³/mol. The lowest BCUT2D eigenvalue weighted by atomic mass is 9.69. The molecule has 1 unspecified atom stereocenters. The summed E-state index contributed by atoms with van der Waals surface area (Å²) in [5, 5.41) is 3.94. The largest absolute Gasteiger partial charge is 0.382 e. The molecule has 2 aliphatic heterocycles. The van der Waals surface area contributed by atoms with Crippen molar-refractivity contribution in [3.05, 3.63) is 22.4 Å². The molecule has 2 saturated heterocycles. The Hall–Kier alpha value is -0.950. The third-order valence-corrected chi connectivity index (χ3v) is 7.50. The lowest BCUT2D eigenvalue weighted by Crippen LogP contribution is -2.75. The van der Waals surface area contributed by atoms with Gasteiger partial charge in [-0.2, -0.15) is 11.3 Å². The number of likely N-dealkylation sites (tertiary alicyclic amines) is 2. The maximum absolute atomic E-state index is 12.6. The Morgan fingerprint density at radius 3 is 2.67 bits per heavy atom. The fourth-order valence-electron chi connectivity index (χ4n) is 5.32. The number of carbonyl (C=O) groups excluding carboxylic acids is 1. The molecule has 0 radical (unpaired) electrons. The van der Waals surface area contributed by atoms with Gasteiger partial charge in [-0.3, -0.25) is 9.69 Å². The minimum atomic E-state index is 0.200. The second-order valence-corrected chi connectivity index (χ2v) is 8.98. The first-order chi connectivity index (χ1) is 13.2. The Morgan fingerprint density at radius 1 is 1.22 bits per heavy atom. The van der Waals surface area contributed by atoms with Crippen molar-refractivity contribution in [2.75, 3.05) is 40.0 Å². The number of methoxy groups -OCH3 is 1. The molecule has 6 heteroatoms. The minimum Gasteiger partial charge on any atom is -0.382 e. The molecular formula is C21H32N2O3S. The van der Waals surface area contributed by atoms with Crippen LogP contribution in [0.2, 0.25) is 0 Å². The first-order valence-corrected chi connectivity index (χ1v) is 11.4. The molecule has 0 bridgehead atoms. The molecule has 150 valence electrons. The maximum atomic E-state index is 12.6. The van der Waals surface area contributed by atoms with E-state index in [2.05, 4.69) is 4.90 Å². The summed E-state index contributed by atoms with van der Waals surface area (Å²) in [7, 11) is 1.73. The van der Waals surface area contributed by atoms with Crippen molar-refractivity contribution in [3.8, 4) is 0 Å². The first-order valence-electron chi connectivity index (χ1n) is 10.4. The fourth-order valence-corrected chi connectivity index (χ4v) is 5.95. The van der Waals surface area contributed by atoms with Gasteiger partial charge in [0, 0.05) is 43.7 Å². The molecule has 3 aliphatic rings. The summed E-state index contributed by atoms with van der Waals surface area (Å²) in [6.45, 7) is 4.18. The van der Waals surface area contributed by atoms with Crippen LogP contribution in [0, 0.1) is 0 Å². The summed E-state index contributed by atoms with van der Waals surface area (Å²) in [6, 6.07) is 2.53. The quantitative estimate of drug-likeness (QED) is 0.696. The van der Waals surface area contributed by atoms with Crippen LogP contribution in [-0.4, -0.2) is 73.3 Å². The van der Waals surface area contributed by atoms with E-state index >= 15 is 0 Å². The molecule has 3 heterocycles. The second-order valence-electron chi connectivity index (χ2n) is 8.20. The maximum Gasteiger partial charge on any atom is 0.254 e. The summed E-state index contributed by atoms with van der Waals surface area (Å²) in [4.78, 5) is 17.4. The highest BCUT2D eigenvalue weighted by Gasteiger charge is 2.56. The topological polar surface area (TPSA) is 42.0 Å². The van der Waals surface area contributed by atoms with E-state index in [0.29, 0.717) is 25.4 Å². The zero-order valence-corrected chi connectivity index (χ0v) is 17.2. The Balaban J connectivity index is 1.35. The van der Waals surface area contributed by atoms with Gasteiger partial charge < -0.3 is 14.4 Å². The van der Waals surface area contributed by atoms with Crippen LogP contribution < -0.4 is 0 Å². The molecule has 1 aromatic heterocycles. The monoisotopic (exact) mass is 392 g/mol. The van der Waals surface area contributed by atoms with E-state index in [1.54, 1.807) is 18.4 Å². The number of rotatable bonds is 6. The highest BCUT2D eigenvalue weighted by atomic mass is 32.1. The van der Waals surface area contributed by atoms with Crippen LogP contribution in [0.1, 0.15) is 55.3 Å². The van der Waals surface area contributed by atoms with Gasteiger partial charge in [-0.15, -0.1) is 0 Å². The van der Waals surface area contributed by atoms with Crippen molar-refractivity contribution in [3.63, 3.8) is 0 Å². The molecular weight excluding hydrogens is 360 g/mol. The Labute approximate surface area is 166 Å². The van der Waals surface area contributed by atoms with Gasteiger partial charge >= 0.3 is 0 Å². The van der Waals surface area contributed by atoms with Crippen molar-refractivity contribution < 1.29 is 14.3 Å². The third kappa shape index (κ3) is 3.82. The summed E-state index contributed by atoms with van der Waals surface area (Å²) in [5.41, 5.74) is 1.09. The lowest BCUT2D eigenvalue weighted by molar-refractivity contribution is -0.203. The molecule has 1 atom stereocenters. The summed E-state index contributed by atoms with van der Waals surface area (Å²) in [5.74, 6) is 0.200. The second kappa shape index (κ2) is 8.60. The number of thiophene rings is 1. The molecule has 4 rings (SSSR count). The Morgan fingerprint density at radius 2 is 2.00 bits per heavy atom. The van der Waals surface area contributed by atoms with Crippen LogP contribution in [0.5, 0.6) is 0 Å². The molecule has 1 aromatic rings. The molecule has 1 spiro atoms. The average molecular weight is 393 g/mol. The zero-order valence-electron chi connectivity index (χ0n) is 16.4. The first kappa shape index (κ1) is 19.4. The third-order valence-electron chi connectivity index (χ3n) is 6.82. The van der Waals surface area contributed by atoms with Crippen LogP contribution in [0.4, 0.5) is 0 Å². The summed E-state index contributed by atoms with van der Waals surface area (Å²) < 4.78 is 11.4. The molecule has 1 amide bonds.